The van der Waals surface area contributed by atoms with Crippen molar-refractivity contribution in [2.75, 3.05) is 0 Å². The summed E-state index contributed by atoms with van der Waals surface area (Å²) in [5.41, 5.74) is 1.14. The minimum Gasteiger partial charge on any atom is -0.508 e. The van der Waals surface area contributed by atoms with Crippen LogP contribution in [0.5, 0.6) is 5.75 Å². The summed E-state index contributed by atoms with van der Waals surface area (Å²) in [6, 6.07) is 14.3. The molecule has 26 heavy (non-hydrogen) atoms. The molecule has 2 N–H and O–H groups in total. The highest BCUT2D eigenvalue weighted by molar-refractivity contribution is 9.10. The Morgan fingerprint density at radius 1 is 1.15 bits per heavy atom. The number of carbonyl (C=O) groups excluding carboxylic acids is 1. The van der Waals surface area contributed by atoms with Gasteiger partial charge in [-0.15, -0.1) is 0 Å². The Morgan fingerprint density at radius 2 is 1.85 bits per heavy atom. The third-order valence-electron chi connectivity index (χ3n) is 4.07. The highest BCUT2D eigenvalue weighted by Crippen LogP contribution is 2.37. The Labute approximate surface area is 157 Å². The molecule has 0 aromatic heterocycles. The first-order valence-corrected chi connectivity index (χ1v) is 8.58. The second kappa shape index (κ2) is 7.13. The normalized spacial score (nSPS) is 11.9. The zero-order valence-corrected chi connectivity index (χ0v) is 15.4. The molecule has 0 bridgehead atoms. The van der Waals surface area contributed by atoms with E-state index in [0.717, 1.165) is 15.2 Å². The summed E-state index contributed by atoms with van der Waals surface area (Å²) in [7, 11) is 0. The van der Waals surface area contributed by atoms with Crippen molar-refractivity contribution in [1.82, 2.24) is 5.32 Å². The van der Waals surface area contributed by atoms with Crippen molar-refractivity contribution < 1.29 is 14.8 Å². The molecule has 7 heteroatoms. The van der Waals surface area contributed by atoms with Crippen LogP contribution in [-0.4, -0.2) is 15.9 Å². The number of fused-ring (bicyclic) bond motifs is 1. The second-order valence-electron chi connectivity index (χ2n) is 5.85. The lowest BCUT2D eigenvalue weighted by molar-refractivity contribution is -0.384. The maximum atomic E-state index is 11.8. The molecule has 0 fully saturated rings. The van der Waals surface area contributed by atoms with Crippen molar-refractivity contribution in [3.05, 3.63) is 80.3 Å². The average molecular weight is 415 g/mol. The number of nitro groups is 1. The van der Waals surface area contributed by atoms with E-state index in [4.69, 9.17) is 0 Å². The molecule has 0 aliphatic rings. The van der Waals surface area contributed by atoms with E-state index in [0.29, 0.717) is 11.1 Å². The molecular formula is C19H15BrN2O4. The Kier molecular flexibility index (Phi) is 4.90. The maximum Gasteiger partial charge on any atom is 0.269 e. The minimum absolute atomic E-state index is 0.0388. The number of nitrogens with zero attached hydrogens (tertiary/aromatic N) is 1. The standard InChI is InChI=1S/C19H15BrN2O4/c1-11(23)21-19(12-2-6-15(7-3-12)22(25)26)18-16-8-5-14(20)10-13(16)4-9-17(18)24/h2-10,19,24H,1H3,(H,21,23). The molecule has 0 radical (unpaired) electrons. The van der Waals surface area contributed by atoms with Gasteiger partial charge in [0.25, 0.3) is 5.69 Å². The smallest absolute Gasteiger partial charge is 0.269 e. The van der Waals surface area contributed by atoms with Crippen LogP contribution in [0.1, 0.15) is 24.1 Å². The van der Waals surface area contributed by atoms with Crippen LogP contribution in [0.4, 0.5) is 5.69 Å². The van der Waals surface area contributed by atoms with Crippen molar-refractivity contribution in [2.24, 2.45) is 0 Å². The van der Waals surface area contributed by atoms with Gasteiger partial charge in [0.15, 0.2) is 0 Å². The van der Waals surface area contributed by atoms with Crippen LogP contribution in [0.2, 0.25) is 0 Å². The Balaban J connectivity index is 2.20. The van der Waals surface area contributed by atoms with Crippen molar-refractivity contribution >= 4 is 38.3 Å². The number of nitro benzene ring substituents is 1. The van der Waals surface area contributed by atoms with Gasteiger partial charge in [0.1, 0.15) is 5.75 Å². The molecular weight excluding hydrogens is 400 g/mol. The number of benzene rings is 3. The fourth-order valence-electron chi connectivity index (χ4n) is 2.93. The predicted molar refractivity (Wildman–Crippen MR) is 102 cm³/mol. The van der Waals surface area contributed by atoms with Gasteiger partial charge in [0, 0.05) is 29.1 Å². The molecule has 0 heterocycles. The van der Waals surface area contributed by atoms with E-state index >= 15 is 0 Å². The monoisotopic (exact) mass is 414 g/mol. The minimum atomic E-state index is -0.641. The summed E-state index contributed by atoms with van der Waals surface area (Å²) in [4.78, 5) is 22.2. The van der Waals surface area contributed by atoms with Gasteiger partial charge in [-0.1, -0.05) is 28.1 Å². The first-order valence-electron chi connectivity index (χ1n) is 7.79. The lowest BCUT2D eigenvalue weighted by atomic mass is 9.92. The first kappa shape index (κ1) is 17.9. The Bertz CT molecular complexity index is 1000. The van der Waals surface area contributed by atoms with Crippen LogP contribution in [-0.2, 0) is 4.79 Å². The van der Waals surface area contributed by atoms with E-state index < -0.39 is 11.0 Å². The molecule has 6 nitrogen and oxygen atoms in total. The third-order valence-corrected chi connectivity index (χ3v) is 4.57. The van der Waals surface area contributed by atoms with E-state index in [9.17, 15) is 20.0 Å². The number of phenolic OH excluding ortho intramolecular Hbond substituents is 1. The molecule has 1 atom stereocenters. The van der Waals surface area contributed by atoms with Crippen LogP contribution in [0, 0.1) is 10.1 Å². The van der Waals surface area contributed by atoms with Crippen LogP contribution in [0.15, 0.2) is 59.1 Å². The van der Waals surface area contributed by atoms with Crippen LogP contribution < -0.4 is 5.32 Å². The van der Waals surface area contributed by atoms with Crippen LogP contribution in [0.25, 0.3) is 10.8 Å². The highest BCUT2D eigenvalue weighted by atomic mass is 79.9. The molecule has 0 spiro atoms. The van der Waals surface area contributed by atoms with E-state index in [1.807, 2.05) is 18.2 Å². The summed E-state index contributed by atoms with van der Waals surface area (Å²) in [6.07, 6.45) is 0. The fourth-order valence-corrected chi connectivity index (χ4v) is 3.31. The zero-order valence-electron chi connectivity index (χ0n) is 13.8. The van der Waals surface area contributed by atoms with E-state index in [1.165, 1.54) is 19.1 Å². The Morgan fingerprint density at radius 3 is 2.46 bits per heavy atom. The summed E-state index contributed by atoms with van der Waals surface area (Å²) < 4.78 is 0.896. The summed E-state index contributed by atoms with van der Waals surface area (Å²) >= 11 is 3.42. The largest absolute Gasteiger partial charge is 0.508 e. The van der Waals surface area contributed by atoms with Gasteiger partial charge in [-0.2, -0.15) is 0 Å². The number of halogens is 1. The maximum absolute atomic E-state index is 11.8. The molecule has 0 aliphatic heterocycles. The van der Waals surface area contributed by atoms with Crippen LogP contribution in [0.3, 0.4) is 0 Å². The second-order valence-corrected chi connectivity index (χ2v) is 6.76. The molecule has 3 aromatic carbocycles. The van der Waals surface area contributed by atoms with Crippen molar-refractivity contribution in [2.45, 2.75) is 13.0 Å². The van der Waals surface area contributed by atoms with Crippen LogP contribution >= 0.6 is 15.9 Å². The van der Waals surface area contributed by atoms with E-state index in [1.54, 1.807) is 24.3 Å². The van der Waals surface area contributed by atoms with Crippen molar-refractivity contribution in [3.8, 4) is 5.75 Å². The fraction of sp³-hybridized carbons (Fsp3) is 0.105. The average Bonchev–Trinajstić information content (AvgIpc) is 2.60. The SMILES string of the molecule is CC(=O)NC(c1ccc([N+](=O)[O-])cc1)c1c(O)ccc2cc(Br)ccc12. The van der Waals surface area contributed by atoms with Gasteiger partial charge < -0.3 is 10.4 Å². The predicted octanol–water partition coefficient (Wildman–Crippen LogP) is 4.44. The number of carbonyl (C=O) groups is 1. The Hall–Kier alpha value is -2.93. The van der Waals surface area contributed by atoms with E-state index in [-0.39, 0.29) is 17.3 Å². The molecule has 0 aliphatic carbocycles. The molecule has 1 amide bonds. The lowest BCUT2D eigenvalue weighted by Gasteiger charge is -2.22. The van der Waals surface area contributed by atoms with Crippen molar-refractivity contribution in [3.63, 3.8) is 0 Å². The van der Waals surface area contributed by atoms with Gasteiger partial charge in [0.05, 0.1) is 11.0 Å². The molecule has 0 saturated carbocycles. The number of aromatic hydroxyl groups is 1. The summed E-state index contributed by atoms with van der Waals surface area (Å²) in [5, 5.41) is 25.9. The molecule has 1 unspecified atom stereocenters. The lowest BCUT2D eigenvalue weighted by Crippen LogP contribution is -2.27. The molecule has 0 saturated heterocycles. The number of amides is 1. The quantitative estimate of drug-likeness (QED) is 0.487. The number of non-ortho nitro benzene ring substituents is 1. The molecule has 3 rings (SSSR count). The number of phenols is 1. The third kappa shape index (κ3) is 3.52. The molecule has 132 valence electrons. The number of rotatable bonds is 4. The highest BCUT2D eigenvalue weighted by Gasteiger charge is 2.22. The van der Waals surface area contributed by atoms with Gasteiger partial charge in [-0.25, -0.2) is 0 Å². The number of hydrogen-bond donors (Lipinski definition) is 2. The molecule has 3 aromatic rings. The number of nitrogens with one attached hydrogen (secondary N) is 1. The topological polar surface area (TPSA) is 92.5 Å². The zero-order chi connectivity index (χ0) is 18.8. The number of hydrogen-bond acceptors (Lipinski definition) is 4. The van der Waals surface area contributed by atoms with Gasteiger partial charge >= 0.3 is 0 Å². The van der Waals surface area contributed by atoms with Gasteiger partial charge in [0.2, 0.25) is 5.91 Å². The first-order chi connectivity index (χ1) is 12.4. The summed E-state index contributed by atoms with van der Waals surface area (Å²) in [5.74, 6) is -0.237. The van der Waals surface area contributed by atoms with Crippen molar-refractivity contribution in [1.29, 1.82) is 0 Å². The van der Waals surface area contributed by atoms with Gasteiger partial charge in [-0.3, -0.25) is 14.9 Å². The summed E-state index contributed by atoms with van der Waals surface area (Å²) in [6.45, 7) is 1.39. The van der Waals surface area contributed by atoms with E-state index in [2.05, 4.69) is 21.2 Å². The van der Waals surface area contributed by atoms with Gasteiger partial charge in [-0.05, 0) is 46.7 Å².